The third kappa shape index (κ3) is 4.00. The van der Waals surface area contributed by atoms with Gasteiger partial charge in [0, 0.05) is 11.3 Å². The molecule has 3 heteroatoms. The van der Waals surface area contributed by atoms with Crippen LogP contribution in [0.5, 0.6) is 0 Å². The van der Waals surface area contributed by atoms with Crippen LogP contribution in [0.3, 0.4) is 0 Å². The molecule has 0 heterocycles. The molecular weight excluding hydrogens is 296 g/mol. The number of quaternary nitrogens is 1. The number of nitrogens with one attached hydrogen (secondary N) is 2. The van der Waals surface area contributed by atoms with Crippen molar-refractivity contribution in [2.24, 2.45) is 0 Å². The molecule has 122 valence electrons. The van der Waals surface area contributed by atoms with E-state index < -0.39 is 0 Å². The van der Waals surface area contributed by atoms with Crippen LogP contribution in [0.1, 0.15) is 11.1 Å². The van der Waals surface area contributed by atoms with Crippen LogP contribution >= 0.6 is 0 Å². The van der Waals surface area contributed by atoms with Gasteiger partial charge in [-0.05, 0) is 29.8 Å². The molecule has 0 spiro atoms. The molecule has 3 nitrogen and oxygen atoms in total. The molecular formula is C21H23N2O+. The summed E-state index contributed by atoms with van der Waals surface area (Å²) in [5.41, 5.74) is 3.31. The van der Waals surface area contributed by atoms with Crippen LogP contribution in [0.25, 0.3) is 10.8 Å². The number of hydrogen-bond donors (Lipinski definition) is 2. The Kier molecular flexibility index (Phi) is 4.92. The Bertz CT molecular complexity index is 835. The molecule has 1 unspecified atom stereocenters. The maximum Gasteiger partial charge on any atom is 0.279 e. The number of aryl methyl sites for hydroxylation is 1. The molecule has 0 aliphatic heterocycles. The van der Waals surface area contributed by atoms with E-state index >= 15 is 0 Å². The number of anilines is 1. The van der Waals surface area contributed by atoms with E-state index in [2.05, 4.69) is 54.8 Å². The van der Waals surface area contributed by atoms with Crippen molar-refractivity contribution in [2.45, 2.75) is 13.5 Å². The highest BCUT2D eigenvalue weighted by Crippen LogP contribution is 2.17. The average molecular weight is 319 g/mol. The van der Waals surface area contributed by atoms with Crippen LogP contribution < -0.4 is 10.2 Å². The van der Waals surface area contributed by atoms with Gasteiger partial charge in [0.2, 0.25) is 0 Å². The molecule has 0 aliphatic rings. The van der Waals surface area contributed by atoms with E-state index in [1.807, 2.05) is 31.2 Å². The zero-order valence-electron chi connectivity index (χ0n) is 14.2. The third-order valence-corrected chi connectivity index (χ3v) is 4.17. The van der Waals surface area contributed by atoms with Crippen molar-refractivity contribution in [3.63, 3.8) is 0 Å². The van der Waals surface area contributed by atoms with Gasteiger partial charge in [-0.2, -0.15) is 0 Å². The number of likely N-dealkylation sites (N-methyl/N-ethyl adjacent to an activating group) is 1. The number of amides is 1. The molecule has 0 radical (unpaired) electrons. The van der Waals surface area contributed by atoms with Gasteiger partial charge in [0.1, 0.15) is 6.54 Å². The summed E-state index contributed by atoms with van der Waals surface area (Å²) in [4.78, 5) is 13.4. The Morgan fingerprint density at radius 3 is 2.46 bits per heavy atom. The van der Waals surface area contributed by atoms with Crippen LogP contribution in [0.15, 0.2) is 66.7 Å². The smallest absolute Gasteiger partial charge is 0.279 e. The molecule has 3 rings (SSSR count). The minimum atomic E-state index is 0.0385. The van der Waals surface area contributed by atoms with Crippen molar-refractivity contribution in [2.75, 3.05) is 18.9 Å². The number of carbonyl (C=O) groups excluding carboxylic acids is 1. The fraction of sp³-hybridized carbons (Fsp3) is 0.190. The first-order valence-electron chi connectivity index (χ1n) is 8.26. The lowest BCUT2D eigenvalue weighted by atomic mass is 10.0. The van der Waals surface area contributed by atoms with E-state index in [0.717, 1.165) is 17.1 Å². The molecule has 0 fully saturated rings. The Morgan fingerprint density at radius 1 is 0.958 bits per heavy atom. The molecule has 0 bridgehead atoms. The van der Waals surface area contributed by atoms with Gasteiger partial charge in [-0.3, -0.25) is 4.79 Å². The molecule has 3 aromatic rings. The first-order chi connectivity index (χ1) is 11.6. The highest BCUT2D eigenvalue weighted by Gasteiger charge is 2.12. The second-order valence-electron chi connectivity index (χ2n) is 6.36. The predicted octanol–water partition coefficient (Wildman–Crippen LogP) is 2.80. The first kappa shape index (κ1) is 16.2. The van der Waals surface area contributed by atoms with Crippen LogP contribution in [0.4, 0.5) is 5.69 Å². The Balaban J connectivity index is 1.63. The van der Waals surface area contributed by atoms with Crippen LogP contribution in [0.2, 0.25) is 0 Å². The summed E-state index contributed by atoms with van der Waals surface area (Å²) in [5, 5.41) is 5.47. The number of fused-ring (bicyclic) bond motifs is 1. The van der Waals surface area contributed by atoms with Crippen LogP contribution in [0, 0.1) is 6.92 Å². The first-order valence-corrected chi connectivity index (χ1v) is 8.26. The highest BCUT2D eigenvalue weighted by molar-refractivity contribution is 5.91. The van der Waals surface area contributed by atoms with E-state index in [1.165, 1.54) is 21.9 Å². The summed E-state index contributed by atoms with van der Waals surface area (Å²) < 4.78 is 0. The van der Waals surface area contributed by atoms with E-state index in [1.54, 1.807) is 0 Å². The molecule has 0 saturated heterocycles. The Morgan fingerprint density at radius 2 is 1.67 bits per heavy atom. The predicted molar refractivity (Wildman–Crippen MR) is 99.2 cm³/mol. The Hall–Kier alpha value is -2.65. The molecule has 0 aliphatic carbocycles. The second-order valence-corrected chi connectivity index (χ2v) is 6.36. The normalized spacial score (nSPS) is 12.1. The average Bonchev–Trinajstić information content (AvgIpc) is 2.57. The maximum atomic E-state index is 12.2. The zero-order chi connectivity index (χ0) is 16.9. The van der Waals surface area contributed by atoms with E-state index in [0.29, 0.717) is 6.54 Å². The molecule has 24 heavy (non-hydrogen) atoms. The molecule has 0 saturated carbocycles. The fourth-order valence-corrected chi connectivity index (χ4v) is 2.95. The van der Waals surface area contributed by atoms with Gasteiger partial charge in [-0.15, -0.1) is 0 Å². The largest absolute Gasteiger partial charge is 0.326 e. The fourth-order valence-electron chi connectivity index (χ4n) is 2.95. The molecule has 2 N–H and O–H groups in total. The lowest BCUT2D eigenvalue weighted by Gasteiger charge is -2.15. The van der Waals surface area contributed by atoms with Crippen molar-refractivity contribution in [3.05, 3.63) is 77.9 Å². The minimum Gasteiger partial charge on any atom is -0.326 e. The van der Waals surface area contributed by atoms with Crippen LogP contribution in [-0.4, -0.2) is 19.5 Å². The van der Waals surface area contributed by atoms with Gasteiger partial charge < -0.3 is 10.2 Å². The number of benzene rings is 3. The maximum absolute atomic E-state index is 12.2. The summed E-state index contributed by atoms with van der Waals surface area (Å²) in [7, 11) is 2.05. The quantitative estimate of drug-likeness (QED) is 0.745. The van der Waals surface area contributed by atoms with Gasteiger partial charge in [-0.1, -0.05) is 60.2 Å². The lowest BCUT2D eigenvalue weighted by molar-refractivity contribution is -0.885. The topological polar surface area (TPSA) is 33.5 Å². The number of hydrogen-bond acceptors (Lipinski definition) is 1. The molecule has 3 aromatic carbocycles. The van der Waals surface area contributed by atoms with Crippen molar-refractivity contribution >= 4 is 22.4 Å². The Labute approximate surface area is 142 Å². The van der Waals surface area contributed by atoms with Crippen molar-refractivity contribution < 1.29 is 9.69 Å². The minimum absolute atomic E-state index is 0.0385. The van der Waals surface area contributed by atoms with Gasteiger partial charge >= 0.3 is 0 Å². The molecule has 1 atom stereocenters. The third-order valence-electron chi connectivity index (χ3n) is 4.17. The van der Waals surface area contributed by atoms with Gasteiger partial charge in [0.25, 0.3) is 5.91 Å². The monoisotopic (exact) mass is 319 g/mol. The van der Waals surface area contributed by atoms with E-state index in [9.17, 15) is 4.79 Å². The lowest BCUT2D eigenvalue weighted by Crippen LogP contribution is -3.08. The summed E-state index contributed by atoms with van der Waals surface area (Å²) in [6, 6.07) is 22.6. The van der Waals surface area contributed by atoms with Crippen molar-refractivity contribution in [1.29, 1.82) is 0 Å². The zero-order valence-corrected chi connectivity index (χ0v) is 14.2. The number of carbonyl (C=O) groups is 1. The summed E-state index contributed by atoms with van der Waals surface area (Å²) >= 11 is 0. The molecule has 1 amide bonds. The van der Waals surface area contributed by atoms with Crippen LogP contribution in [-0.2, 0) is 11.3 Å². The van der Waals surface area contributed by atoms with E-state index in [4.69, 9.17) is 0 Å². The van der Waals surface area contributed by atoms with Gasteiger partial charge in [-0.25, -0.2) is 0 Å². The summed E-state index contributed by atoms with van der Waals surface area (Å²) in [5.74, 6) is 0.0385. The standard InChI is InChI=1S/C21H22N2O/c1-16-10-12-19(13-11-16)22-21(24)15-23(2)14-18-8-5-7-17-6-3-4-9-20(17)18/h3-13H,14-15H2,1-2H3,(H,22,24)/p+1. The summed E-state index contributed by atoms with van der Waals surface area (Å²) in [6.45, 7) is 3.30. The van der Waals surface area contributed by atoms with Gasteiger partial charge in [0.15, 0.2) is 6.54 Å². The van der Waals surface area contributed by atoms with E-state index in [-0.39, 0.29) is 5.91 Å². The molecule has 0 aromatic heterocycles. The highest BCUT2D eigenvalue weighted by atomic mass is 16.2. The van der Waals surface area contributed by atoms with Crippen molar-refractivity contribution in [1.82, 2.24) is 0 Å². The number of rotatable bonds is 5. The second kappa shape index (κ2) is 7.28. The summed E-state index contributed by atoms with van der Waals surface area (Å²) in [6.07, 6.45) is 0. The van der Waals surface area contributed by atoms with Crippen molar-refractivity contribution in [3.8, 4) is 0 Å². The van der Waals surface area contributed by atoms with Gasteiger partial charge in [0.05, 0.1) is 7.05 Å². The SMILES string of the molecule is Cc1ccc(NC(=O)C[NH+](C)Cc2cccc3ccccc23)cc1.